The summed E-state index contributed by atoms with van der Waals surface area (Å²) in [7, 11) is 3.26. The minimum atomic E-state index is -0.701. The topological polar surface area (TPSA) is 68.7 Å². The molecular weight excluding hydrogens is 515 g/mol. The van der Waals surface area contributed by atoms with Gasteiger partial charge < -0.3 is 29.3 Å². The van der Waals surface area contributed by atoms with E-state index in [0.29, 0.717) is 23.1 Å². The monoisotopic (exact) mass is 550 g/mol. The Morgan fingerprint density at radius 1 is 1.08 bits per heavy atom. The van der Waals surface area contributed by atoms with Crippen LogP contribution in [0.4, 0.5) is 16.2 Å². The van der Waals surface area contributed by atoms with Gasteiger partial charge in [-0.25, -0.2) is 4.79 Å². The number of hydrogen-bond donors (Lipinski definition) is 1. The lowest BCUT2D eigenvalue weighted by Gasteiger charge is -2.36. The number of aryl methyl sites for hydroxylation is 1. The fourth-order valence-electron chi connectivity index (χ4n) is 4.70. The number of halogens is 2. The fraction of sp³-hybridized carbons (Fsp3) is 0.519. The van der Waals surface area contributed by atoms with Gasteiger partial charge in [0.15, 0.2) is 6.73 Å². The van der Waals surface area contributed by atoms with Gasteiger partial charge in [-0.3, -0.25) is 4.90 Å². The van der Waals surface area contributed by atoms with E-state index in [0.717, 1.165) is 74.7 Å². The molecule has 0 aliphatic carbocycles. The van der Waals surface area contributed by atoms with E-state index < -0.39 is 12.3 Å². The molecule has 10 heteroatoms. The number of carbonyl (C=O) groups excluding carboxylic acids is 1. The van der Waals surface area contributed by atoms with Crippen LogP contribution < -0.4 is 14.5 Å². The number of ether oxygens (including phenoxy) is 2. The first-order valence-electron chi connectivity index (χ1n) is 12.8. The molecule has 0 spiro atoms. The molecule has 0 bridgehead atoms. The highest BCUT2D eigenvalue weighted by atomic mass is 35.5. The lowest BCUT2D eigenvalue weighted by molar-refractivity contribution is 0.0856. The minimum Gasteiger partial charge on any atom is -0.494 e. The van der Waals surface area contributed by atoms with E-state index >= 15 is 0 Å². The van der Waals surface area contributed by atoms with Gasteiger partial charge in [0, 0.05) is 52.0 Å². The number of benzene rings is 2. The number of aliphatic hydroxyl groups excluding tert-OH is 1. The molecule has 1 amide bonds. The third kappa shape index (κ3) is 7.13. The zero-order valence-corrected chi connectivity index (χ0v) is 23.0. The number of carbonyl (C=O) groups is 1. The Hall–Kier alpha value is -2.39. The predicted molar refractivity (Wildman–Crippen MR) is 148 cm³/mol. The molecule has 4 rings (SSSR count). The molecule has 37 heavy (non-hydrogen) atoms. The van der Waals surface area contributed by atoms with E-state index in [-0.39, 0.29) is 6.73 Å². The van der Waals surface area contributed by atoms with Gasteiger partial charge in [-0.15, -0.1) is 0 Å². The Bertz CT molecular complexity index is 1060. The summed E-state index contributed by atoms with van der Waals surface area (Å²) in [6.45, 7) is 5.48. The molecule has 1 N–H and O–H groups in total. The lowest BCUT2D eigenvalue weighted by atomic mass is 10.0. The van der Waals surface area contributed by atoms with Crippen molar-refractivity contribution in [2.45, 2.75) is 31.9 Å². The molecule has 2 heterocycles. The zero-order valence-electron chi connectivity index (χ0n) is 21.5. The van der Waals surface area contributed by atoms with Crippen LogP contribution in [0, 0.1) is 0 Å². The third-order valence-corrected chi connectivity index (χ3v) is 7.68. The van der Waals surface area contributed by atoms with E-state index in [1.165, 1.54) is 4.90 Å². The number of anilines is 2. The molecule has 0 radical (unpaired) electrons. The number of nitrogens with zero attached hydrogens (tertiary/aromatic N) is 4. The van der Waals surface area contributed by atoms with Crippen molar-refractivity contribution in [1.82, 2.24) is 9.80 Å². The number of rotatable bonds is 9. The number of hydrogen-bond acceptors (Lipinski definition) is 7. The number of aliphatic hydroxyl groups is 1. The van der Waals surface area contributed by atoms with Gasteiger partial charge in [-0.05, 0) is 56.0 Å². The highest BCUT2D eigenvalue weighted by Gasteiger charge is 2.26. The first-order valence-corrected chi connectivity index (χ1v) is 13.5. The van der Waals surface area contributed by atoms with Crippen molar-refractivity contribution in [2.75, 3.05) is 70.0 Å². The smallest absolute Gasteiger partial charge is 0.410 e. The summed E-state index contributed by atoms with van der Waals surface area (Å²) >= 11 is 12.6. The van der Waals surface area contributed by atoms with Crippen molar-refractivity contribution in [1.29, 1.82) is 0 Å². The molecule has 2 aromatic carbocycles. The molecule has 1 unspecified atom stereocenters. The second-order valence-electron chi connectivity index (χ2n) is 9.67. The van der Waals surface area contributed by atoms with Gasteiger partial charge in [0.1, 0.15) is 12.0 Å². The van der Waals surface area contributed by atoms with Crippen LogP contribution in [0.2, 0.25) is 10.0 Å². The van der Waals surface area contributed by atoms with Crippen LogP contribution >= 0.6 is 23.2 Å². The number of unbranched alkanes of at least 4 members (excludes halogenated alkanes) is 1. The number of amides is 1. The van der Waals surface area contributed by atoms with E-state index in [1.54, 1.807) is 19.0 Å². The van der Waals surface area contributed by atoms with Crippen molar-refractivity contribution in [3.05, 3.63) is 52.0 Å². The summed E-state index contributed by atoms with van der Waals surface area (Å²) in [5.74, 6) is 0.754. The minimum absolute atomic E-state index is 0.00852. The van der Waals surface area contributed by atoms with Crippen LogP contribution in [-0.2, 0) is 11.2 Å². The largest absolute Gasteiger partial charge is 0.494 e. The maximum Gasteiger partial charge on any atom is 0.410 e. The standard InChI is InChI=1S/C27H36Cl2N4O4/c1-30(2)27(35)37-19-33-24-18-21(10-8-20(24)9-11-25(33)34)36-17-4-3-12-31-13-15-32(16-14-31)23-7-5-6-22(28)26(23)29/h5-8,10,18,25,34H,3-4,9,11-17,19H2,1-2H3. The van der Waals surface area contributed by atoms with E-state index in [9.17, 15) is 9.90 Å². The Kier molecular flexibility index (Phi) is 9.65. The summed E-state index contributed by atoms with van der Waals surface area (Å²) in [6, 6.07) is 11.7. The van der Waals surface area contributed by atoms with Crippen LogP contribution in [0.5, 0.6) is 5.75 Å². The van der Waals surface area contributed by atoms with E-state index in [1.807, 2.05) is 36.4 Å². The van der Waals surface area contributed by atoms with Gasteiger partial charge in [0.05, 0.1) is 22.3 Å². The second-order valence-corrected chi connectivity index (χ2v) is 10.5. The van der Waals surface area contributed by atoms with Crippen molar-refractivity contribution >= 4 is 40.7 Å². The average molecular weight is 552 g/mol. The molecule has 1 fully saturated rings. The summed E-state index contributed by atoms with van der Waals surface area (Å²) in [4.78, 5) is 19.7. The molecular formula is C27H36Cl2N4O4. The van der Waals surface area contributed by atoms with Gasteiger partial charge in [0.2, 0.25) is 0 Å². The maximum atomic E-state index is 11.8. The Morgan fingerprint density at radius 3 is 2.62 bits per heavy atom. The molecule has 1 saturated heterocycles. The normalized spacial score (nSPS) is 17.9. The first kappa shape index (κ1) is 27.6. The van der Waals surface area contributed by atoms with Crippen molar-refractivity contribution in [2.24, 2.45) is 0 Å². The zero-order chi connectivity index (χ0) is 26.4. The van der Waals surface area contributed by atoms with Crippen LogP contribution in [0.15, 0.2) is 36.4 Å². The van der Waals surface area contributed by atoms with E-state index in [2.05, 4.69) is 9.80 Å². The van der Waals surface area contributed by atoms with Crippen LogP contribution in [-0.4, -0.2) is 87.4 Å². The second kappa shape index (κ2) is 12.9. The molecule has 2 aliphatic heterocycles. The number of fused-ring (bicyclic) bond motifs is 1. The SMILES string of the molecule is CN(C)C(=O)OCN1c2cc(OCCCCN3CCN(c4cccc(Cl)c4Cl)CC3)ccc2CCC1O. The first-order chi connectivity index (χ1) is 17.8. The molecule has 0 aromatic heterocycles. The molecule has 2 aromatic rings. The highest BCUT2D eigenvalue weighted by molar-refractivity contribution is 6.43. The highest BCUT2D eigenvalue weighted by Crippen LogP contribution is 2.34. The molecule has 8 nitrogen and oxygen atoms in total. The third-order valence-electron chi connectivity index (χ3n) is 6.87. The van der Waals surface area contributed by atoms with Gasteiger partial charge in [0.25, 0.3) is 0 Å². The summed E-state index contributed by atoms with van der Waals surface area (Å²) < 4.78 is 11.3. The van der Waals surface area contributed by atoms with Gasteiger partial charge in [-0.2, -0.15) is 0 Å². The lowest BCUT2D eigenvalue weighted by Crippen LogP contribution is -2.46. The summed E-state index contributed by atoms with van der Waals surface area (Å²) in [5.41, 5.74) is 2.96. The molecule has 202 valence electrons. The predicted octanol–water partition coefficient (Wildman–Crippen LogP) is 4.70. The van der Waals surface area contributed by atoms with Crippen LogP contribution in [0.3, 0.4) is 0 Å². The number of piperazine rings is 1. The van der Waals surface area contributed by atoms with Gasteiger partial charge in [-0.1, -0.05) is 35.3 Å². The Morgan fingerprint density at radius 2 is 1.86 bits per heavy atom. The average Bonchev–Trinajstić information content (AvgIpc) is 2.89. The molecule has 0 saturated carbocycles. The maximum absolute atomic E-state index is 11.8. The van der Waals surface area contributed by atoms with Crippen molar-refractivity contribution < 1.29 is 19.4 Å². The van der Waals surface area contributed by atoms with E-state index in [4.69, 9.17) is 32.7 Å². The summed E-state index contributed by atoms with van der Waals surface area (Å²) in [6.07, 6.45) is 2.21. The summed E-state index contributed by atoms with van der Waals surface area (Å²) in [5, 5.41) is 11.7. The molecule has 1 atom stereocenters. The van der Waals surface area contributed by atoms with Gasteiger partial charge >= 0.3 is 6.09 Å². The Labute approximate surface area is 229 Å². The quantitative estimate of drug-likeness (QED) is 0.453. The molecule has 2 aliphatic rings. The van der Waals surface area contributed by atoms with Crippen molar-refractivity contribution in [3.63, 3.8) is 0 Å². The van der Waals surface area contributed by atoms with Crippen molar-refractivity contribution in [3.8, 4) is 5.75 Å². The van der Waals surface area contributed by atoms with Crippen LogP contribution in [0.25, 0.3) is 0 Å². The van der Waals surface area contributed by atoms with Crippen LogP contribution in [0.1, 0.15) is 24.8 Å². The Balaban J connectivity index is 1.20. The fourth-order valence-corrected chi connectivity index (χ4v) is 5.11.